The van der Waals surface area contributed by atoms with Gasteiger partial charge < -0.3 is 25.1 Å². The number of thioether (sulfide) groups is 1. The molecule has 0 unspecified atom stereocenters. The van der Waals surface area contributed by atoms with E-state index in [1.807, 2.05) is 12.1 Å². The van der Waals surface area contributed by atoms with Crippen LogP contribution in [-0.2, 0) is 14.3 Å². The lowest BCUT2D eigenvalue weighted by atomic mass is 9.85. The number of amides is 2. The summed E-state index contributed by atoms with van der Waals surface area (Å²) in [5.41, 5.74) is 2.03. The molecule has 0 radical (unpaired) electrons. The van der Waals surface area contributed by atoms with E-state index in [1.54, 1.807) is 55.5 Å². The number of esters is 1. The molecule has 2 aromatic carbocycles. The van der Waals surface area contributed by atoms with E-state index < -0.39 is 17.8 Å². The molecule has 4 rings (SSSR count). The molecule has 0 saturated carbocycles. The zero-order valence-corrected chi connectivity index (χ0v) is 23.3. The third kappa shape index (κ3) is 6.42. The third-order valence-corrected chi connectivity index (χ3v) is 7.32. The fourth-order valence-corrected chi connectivity index (χ4v) is 5.16. The smallest absolute Gasteiger partial charge is 0.339 e. The molecule has 3 N–H and O–H groups in total. The number of methoxy groups -OCH3 is 1. The van der Waals surface area contributed by atoms with E-state index in [9.17, 15) is 19.6 Å². The number of nitrogens with one attached hydrogen (secondary N) is 3. The number of nitriles is 1. The highest BCUT2D eigenvalue weighted by molar-refractivity contribution is 9.10. The van der Waals surface area contributed by atoms with E-state index >= 15 is 0 Å². The number of hydrogen-bond donors (Lipinski definition) is 3. The maximum Gasteiger partial charge on any atom is 0.339 e. The van der Waals surface area contributed by atoms with Crippen molar-refractivity contribution in [2.24, 2.45) is 0 Å². The normalized spacial score (nSPS) is 14.8. The second-order valence-electron chi connectivity index (χ2n) is 8.30. The van der Waals surface area contributed by atoms with Gasteiger partial charge in [0.2, 0.25) is 5.91 Å². The molecule has 1 atom stereocenters. The molecule has 0 spiro atoms. The molecule has 39 heavy (non-hydrogen) atoms. The van der Waals surface area contributed by atoms with Gasteiger partial charge in [-0.1, -0.05) is 39.8 Å². The van der Waals surface area contributed by atoms with Crippen LogP contribution in [0.25, 0.3) is 0 Å². The minimum atomic E-state index is -0.839. The summed E-state index contributed by atoms with van der Waals surface area (Å²) < 4.78 is 11.4. The number of dihydropyridines is 1. The molecule has 1 aliphatic rings. The summed E-state index contributed by atoms with van der Waals surface area (Å²) in [5, 5.41) is 19.3. The Kier molecular flexibility index (Phi) is 8.91. The Bertz CT molecular complexity index is 1510. The zero-order chi connectivity index (χ0) is 27.9. The topological polar surface area (TPSA) is 133 Å². The Balaban J connectivity index is 1.60. The number of nitrogens with zero attached hydrogens (tertiary/aromatic N) is 1. The molecule has 1 aliphatic heterocycles. The van der Waals surface area contributed by atoms with Crippen molar-refractivity contribution < 1.29 is 23.5 Å². The first-order valence-corrected chi connectivity index (χ1v) is 13.4. The lowest BCUT2D eigenvalue weighted by Gasteiger charge is -2.28. The third-order valence-electron chi connectivity index (χ3n) is 5.78. The Hall–Kier alpha value is -4.27. The minimum absolute atomic E-state index is 0.0236. The Labute approximate surface area is 237 Å². The molecule has 9 nitrogen and oxygen atoms in total. The zero-order valence-electron chi connectivity index (χ0n) is 20.9. The highest BCUT2D eigenvalue weighted by Crippen LogP contribution is 2.41. The van der Waals surface area contributed by atoms with Crippen molar-refractivity contribution >= 4 is 56.9 Å². The van der Waals surface area contributed by atoms with E-state index in [0.29, 0.717) is 22.2 Å². The number of para-hydroxylation sites is 1. The first-order valence-electron chi connectivity index (χ1n) is 11.6. The van der Waals surface area contributed by atoms with E-state index in [1.165, 1.54) is 13.4 Å². The molecule has 11 heteroatoms. The van der Waals surface area contributed by atoms with Gasteiger partial charge in [0.25, 0.3) is 5.91 Å². The number of anilines is 2. The van der Waals surface area contributed by atoms with Gasteiger partial charge in [0.1, 0.15) is 5.76 Å². The number of carbonyl (C=O) groups is 3. The SMILES string of the molecule is COC(=O)c1ccccc1NC(=O)C1=C(C)NC(SCC(=O)Nc2ccc(Br)cc2)=C(C#N)[C@H]1c1ccco1. The molecule has 0 bridgehead atoms. The van der Waals surface area contributed by atoms with E-state index in [0.717, 1.165) is 16.2 Å². The summed E-state index contributed by atoms with van der Waals surface area (Å²) in [6.07, 6.45) is 1.46. The molecule has 0 aliphatic carbocycles. The molecular weight excluding hydrogens is 584 g/mol. The molecule has 2 amide bonds. The number of carbonyl (C=O) groups excluding carboxylic acids is 3. The number of ether oxygens (including phenoxy) is 1. The van der Waals surface area contributed by atoms with Crippen LogP contribution >= 0.6 is 27.7 Å². The standard InChI is InChI=1S/C28H23BrN4O5S/c1-16-24(26(35)33-21-7-4-3-6-19(21)28(36)37-2)25(22-8-5-13-38-22)20(14-30)27(31-16)39-15-23(34)32-18-11-9-17(29)10-12-18/h3-13,25,31H,15H2,1-2H3,(H,32,34)(H,33,35)/t25-/m0/s1. The van der Waals surface area contributed by atoms with E-state index in [-0.39, 0.29) is 34.1 Å². The number of allylic oxidation sites excluding steroid dienone is 2. The first kappa shape index (κ1) is 27.8. The van der Waals surface area contributed by atoms with Crippen LogP contribution in [0.1, 0.15) is 29.0 Å². The summed E-state index contributed by atoms with van der Waals surface area (Å²) in [6.45, 7) is 1.70. The van der Waals surface area contributed by atoms with Crippen molar-refractivity contribution in [1.82, 2.24) is 5.32 Å². The van der Waals surface area contributed by atoms with Gasteiger partial charge in [0.05, 0.1) is 58.5 Å². The van der Waals surface area contributed by atoms with Gasteiger partial charge in [-0.25, -0.2) is 4.79 Å². The minimum Gasteiger partial charge on any atom is -0.468 e. The van der Waals surface area contributed by atoms with Crippen molar-refractivity contribution in [1.29, 1.82) is 5.26 Å². The summed E-state index contributed by atoms with van der Waals surface area (Å²) in [5.74, 6) is -1.81. The van der Waals surface area contributed by atoms with E-state index in [4.69, 9.17) is 9.15 Å². The number of furan rings is 1. The molecule has 0 saturated heterocycles. The molecule has 198 valence electrons. The van der Waals surface area contributed by atoms with Gasteiger partial charge in [0.15, 0.2) is 0 Å². The highest BCUT2D eigenvalue weighted by Gasteiger charge is 2.37. The van der Waals surface area contributed by atoms with Crippen LogP contribution < -0.4 is 16.0 Å². The number of halogens is 1. The van der Waals surface area contributed by atoms with Gasteiger partial charge in [0, 0.05) is 15.9 Å². The van der Waals surface area contributed by atoms with Crippen molar-refractivity contribution in [2.75, 3.05) is 23.5 Å². The van der Waals surface area contributed by atoms with Gasteiger partial charge in [-0.2, -0.15) is 5.26 Å². The monoisotopic (exact) mass is 606 g/mol. The van der Waals surface area contributed by atoms with Gasteiger partial charge >= 0.3 is 5.97 Å². The van der Waals surface area contributed by atoms with Crippen molar-refractivity contribution in [2.45, 2.75) is 12.8 Å². The lowest BCUT2D eigenvalue weighted by Crippen LogP contribution is -2.31. The second kappa shape index (κ2) is 12.5. The maximum absolute atomic E-state index is 13.6. The molecule has 1 aromatic heterocycles. The van der Waals surface area contributed by atoms with Crippen LogP contribution in [0.5, 0.6) is 0 Å². The van der Waals surface area contributed by atoms with Crippen molar-refractivity contribution in [3.05, 3.63) is 105 Å². The lowest BCUT2D eigenvalue weighted by molar-refractivity contribution is -0.114. The molecule has 3 aromatic rings. The predicted molar refractivity (Wildman–Crippen MR) is 152 cm³/mol. The average Bonchev–Trinajstić information content (AvgIpc) is 3.47. The summed E-state index contributed by atoms with van der Waals surface area (Å²) in [6, 6.07) is 19.2. The predicted octanol–water partition coefficient (Wildman–Crippen LogP) is 5.54. The fourth-order valence-electron chi connectivity index (χ4n) is 4.01. The number of hydrogen-bond acceptors (Lipinski definition) is 8. The quantitative estimate of drug-likeness (QED) is 0.285. The fraction of sp³-hybridized carbons (Fsp3) is 0.143. The van der Waals surface area contributed by atoms with Crippen LogP contribution in [0.4, 0.5) is 11.4 Å². The Morgan fingerprint density at radius 2 is 1.85 bits per heavy atom. The summed E-state index contributed by atoms with van der Waals surface area (Å²) in [4.78, 5) is 38.4. The number of rotatable bonds is 8. The Morgan fingerprint density at radius 1 is 1.10 bits per heavy atom. The van der Waals surface area contributed by atoms with Crippen LogP contribution in [0, 0.1) is 11.3 Å². The van der Waals surface area contributed by atoms with Crippen molar-refractivity contribution in [3.63, 3.8) is 0 Å². The largest absolute Gasteiger partial charge is 0.468 e. The van der Waals surface area contributed by atoms with Gasteiger partial charge in [-0.15, -0.1) is 0 Å². The van der Waals surface area contributed by atoms with E-state index in [2.05, 4.69) is 37.9 Å². The van der Waals surface area contributed by atoms with Crippen LogP contribution in [0.3, 0.4) is 0 Å². The van der Waals surface area contributed by atoms with Crippen LogP contribution in [0.2, 0.25) is 0 Å². The van der Waals surface area contributed by atoms with Crippen molar-refractivity contribution in [3.8, 4) is 6.07 Å². The van der Waals surface area contributed by atoms with Crippen LogP contribution in [0.15, 0.2) is 97.7 Å². The number of benzene rings is 2. The summed E-state index contributed by atoms with van der Waals surface area (Å²) in [7, 11) is 1.26. The maximum atomic E-state index is 13.6. The molecule has 2 heterocycles. The average molecular weight is 607 g/mol. The van der Waals surface area contributed by atoms with Gasteiger partial charge in [-0.3, -0.25) is 9.59 Å². The van der Waals surface area contributed by atoms with Crippen LogP contribution in [-0.4, -0.2) is 30.6 Å². The van der Waals surface area contributed by atoms with Gasteiger partial charge in [-0.05, 0) is 55.5 Å². The molecule has 0 fully saturated rings. The highest BCUT2D eigenvalue weighted by atomic mass is 79.9. The summed E-state index contributed by atoms with van der Waals surface area (Å²) >= 11 is 4.51. The first-order chi connectivity index (χ1) is 18.8. The molecular formula is C28H23BrN4O5S. The Morgan fingerprint density at radius 3 is 2.51 bits per heavy atom. The second-order valence-corrected chi connectivity index (χ2v) is 10.2.